The number of rotatable bonds is 5. The Morgan fingerprint density at radius 2 is 1.92 bits per heavy atom. The Morgan fingerprint density at radius 3 is 2.60 bits per heavy atom. The molecular weight excluding hydrogens is 383 g/mol. The average molecular weight is 395 g/mol. The summed E-state index contributed by atoms with van der Waals surface area (Å²) in [5.74, 6) is 1.04. The zero-order chi connectivity index (χ0) is 17.8. The maximum Gasteiger partial charge on any atom is 0.216 e. The van der Waals surface area contributed by atoms with Gasteiger partial charge in [-0.1, -0.05) is 41.4 Å². The topological polar surface area (TPSA) is 75.4 Å². The summed E-state index contributed by atoms with van der Waals surface area (Å²) in [5.41, 5.74) is 0.603. The van der Waals surface area contributed by atoms with Gasteiger partial charge in [0.1, 0.15) is 12.4 Å². The Labute approximate surface area is 158 Å². The van der Waals surface area contributed by atoms with Crippen LogP contribution in [0, 0.1) is 4.77 Å². The van der Waals surface area contributed by atoms with Crippen LogP contribution < -0.4 is 4.74 Å². The number of aromatic amines is 1. The van der Waals surface area contributed by atoms with E-state index in [2.05, 4.69) is 15.3 Å². The van der Waals surface area contributed by atoms with E-state index in [1.807, 2.05) is 30.3 Å². The van der Waals surface area contributed by atoms with Crippen molar-refractivity contribution in [2.24, 2.45) is 5.10 Å². The monoisotopic (exact) mass is 394 g/mol. The van der Waals surface area contributed by atoms with Crippen molar-refractivity contribution >= 4 is 41.6 Å². The molecule has 3 rings (SSSR count). The van der Waals surface area contributed by atoms with Crippen molar-refractivity contribution < 1.29 is 9.84 Å². The molecule has 6 nitrogen and oxygen atoms in total. The molecule has 0 aliphatic rings. The Balaban J connectivity index is 1.81. The normalized spacial score (nSPS) is 11.1. The number of hydrogen-bond donors (Lipinski definition) is 2. The number of nitrogens with one attached hydrogen (secondary N) is 1. The molecule has 0 bridgehead atoms. The van der Waals surface area contributed by atoms with Crippen molar-refractivity contribution in [1.29, 1.82) is 0 Å². The number of benzene rings is 2. The minimum absolute atomic E-state index is 0.136. The van der Waals surface area contributed by atoms with Gasteiger partial charge < -0.3 is 9.84 Å². The van der Waals surface area contributed by atoms with Gasteiger partial charge in [-0.25, -0.2) is 5.10 Å². The molecule has 1 aromatic heterocycles. The highest BCUT2D eigenvalue weighted by molar-refractivity contribution is 7.71. The van der Waals surface area contributed by atoms with Gasteiger partial charge in [-0.2, -0.15) is 14.9 Å². The fourth-order valence-electron chi connectivity index (χ4n) is 1.99. The van der Waals surface area contributed by atoms with E-state index in [9.17, 15) is 5.11 Å². The summed E-state index contributed by atoms with van der Waals surface area (Å²) in [5, 5.41) is 20.9. The Bertz CT molecular complexity index is 947. The number of aromatic nitrogens is 3. The lowest BCUT2D eigenvalue weighted by atomic mass is 10.2. The third-order valence-corrected chi connectivity index (χ3v) is 4.03. The van der Waals surface area contributed by atoms with Gasteiger partial charge in [0.2, 0.25) is 4.77 Å². The first-order valence-corrected chi connectivity index (χ1v) is 8.27. The summed E-state index contributed by atoms with van der Waals surface area (Å²) >= 11 is 17.0. The molecule has 1 heterocycles. The van der Waals surface area contributed by atoms with Crippen molar-refractivity contribution in [3.05, 3.63) is 68.7 Å². The Kier molecular flexibility index (Phi) is 5.37. The van der Waals surface area contributed by atoms with Gasteiger partial charge in [0.05, 0.1) is 16.3 Å². The van der Waals surface area contributed by atoms with E-state index in [0.717, 1.165) is 0 Å². The van der Waals surface area contributed by atoms with Crippen LogP contribution in [0.2, 0.25) is 10.0 Å². The molecule has 0 fully saturated rings. The minimum atomic E-state index is -0.169. The zero-order valence-corrected chi connectivity index (χ0v) is 15.0. The van der Waals surface area contributed by atoms with Crippen LogP contribution in [0.15, 0.2) is 47.6 Å². The van der Waals surface area contributed by atoms with Crippen LogP contribution in [0.4, 0.5) is 0 Å². The first-order valence-electron chi connectivity index (χ1n) is 7.11. The third-order valence-electron chi connectivity index (χ3n) is 3.19. The third kappa shape index (κ3) is 4.19. The molecule has 0 unspecified atom stereocenters. The van der Waals surface area contributed by atoms with E-state index in [0.29, 0.717) is 21.9 Å². The van der Waals surface area contributed by atoms with Crippen molar-refractivity contribution in [1.82, 2.24) is 14.9 Å². The molecule has 2 aromatic carbocycles. The molecular formula is C16H12Cl2N4O2S. The minimum Gasteiger partial charge on any atom is -0.505 e. The van der Waals surface area contributed by atoms with Crippen molar-refractivity contribution in [3.63, 3.8) is 0 Å². The standard InChI is InChI=1S/C16H12Cl2N4O2S/c17-12-6-10(7-13(18)15(12)23)8-19-22-14(20-21-16(22)25)9-24-11-4-2-1-3-5-11/h1-8,23H,9H2,(H,21,25)/b19-8-. The highest BCUT2D eigenvalue weighted by Crippen LogP contribution is 2.32. The highest BCUT2D eigenvalue weighted by atomic mass is 35.5. The summed E-state index contributed by atoms with van der Waals surface area (Å²) in [6.45, 7) is 0.186. The van der Waals surface area contributed by atoms with Gasteiger partial charge in [0.25, 0.3) is 0 Å². The van der Waals surface area contributed by atoms with E-state index in [1.54, 1.807) is 0 Å². The zero-order valence-electron chi connectivity index (χ0n) is 12.7. The largest absolute Gasteiger partial charge is 0.505 e. The quantitative estimate of drug-likeness (QED) is 0.496. The van der Waals surface area contributed by atoms with Crippen LogP contribution in [0.25, 0.3) is 0 Å². The summed E-state index contributed by atoms with van der Waals surface area (Å²) in [6.07, 6.45) is 1.51. The lowest BCUT2D eigenvalue weighted by Gasteiger charge is -2.05. The number of halogens is 2. The highest BCUT2D eigenvalue weighted by Gasteiger charge is 2.08. The maximum atomic E-state index is 9.59. The van der Waals surface area contributed by atoms with Gasteiger partial charge in [0.15, 0.2) is 11.6 Å². The molecule has 3 aromatic rings. The SMILES string of the molecule is Oc1c(Cl)cc(/C=N\n2c(COc3ccccc3)n[nH]c2=S)cc1Cl. The van der Waals surface area contributed by atoms with E-state index in [1.165, 1.54) is 23.0 Å². The molecule has 25 heavy (non-hydrogen) atoms. The molecule has 0 atom stereocenters. The summed E-state index contributed by atoms with van der Waals surface area (Å²) < 4.78 is 7.41. The van der Waals surface area contributed by atoms with Gasteiger partial charge in [-0.15, -0.1) is 0 Å². The lowest BCUT2D eigenvalue weighted by molar-refractivity contribution is 0.290. The molecule has 0 saturated heterocycles. The molecule has 0 aliphatic heterocycles. The second-order valence-electron chi connectivity index (χ2n) is 4.94. The molecule has 0 spiro atoms. The first kappa shape index (κ1) is 17.5. The molecule has 9 heteroatoms. The number of ether oxygens (including phenoxy) is 1. The smallest absolute Gasteiger partial charge is 0.216 e. The summed E-state index contributed by atoms with van der Waals surface area (Å²) in [4.78, 5) is 0. The number of H-pyrrole nitrogens is 1. The van der Waals surface area contributed by atoms with Gasteiger partial charge >= 0.3 is 0 Å². The lowest BCUT2D eigenvalue weighted by Crippen LogP contribution is -2.04. The van der Waals surface area contributed by atoms with E-state index >= 15 is 0 Å². The molecule has 0 saturated carbocycles. The van der Waals surface area contributed by atoms with Crippen LogP contribution in [0.1, 0.15) is 11.4 Å². The molecule has 128 valence electrons. The predicted octanol–water partition coefficient (Wildman–Crippen LogP) is 4.41. The number of hydrogen-bond acceptors (Lipinski definition) is 5. The van der Waals surface area contributed by atoms with Crippen LogP contribution >= 0.6 is 35.4 Å². The Morgan fingerprint density at radius 1 is 1.24 bits per heavy atom. The molecule has 2 N–H and O–H groups in total. The van der Waals surface area contributed by atoms with Crippen molar-refractivity contribution in [3.8, 4) is 11.5 Å². The van der Waals surface area contributed by atoms with Crippen LogP contribution in [-0.4, -0.2) is 26.2 Å². The van der Waals surface area contributed by atoms with Gasteiger partial charge in [-0.05, 0) is 42.0 Å². The first-order chi connectivity index (χ1) is 12.0. The summed E-state index contributed by atoms with van der Waals surface area (Å²) in [7, 11) is 0. The van der Waals surface area contributed by atoms with Crippen molar-refractivity contribution in [2.75, 3.05) is 0 Å². The van der Waals surface area contributed by atoms with Crippen LogP contribution in [-0.2, 0) is 6.61 Å². The van der Waals surface area contributed by atoms with Gasteiger partial charge in [-0.3, -0.25) is 0 Å². The second kappa shape index (κ2) is 7.69. The van der Waals surface area contributed by atoms with E-state index in [4.69, 9.17) is 40.2 Å². The number of phenolic OH excluding ortho intramolecular Hbond substituents is 1. The second-order valence-corrected chi connectivity index (χ2v) is 6.14. The molecule has 0 aliphatic carbocycles. The molecule has 0 radical (unpaired) electrons. The van der Waals surface area contributed by atoms with Crippen LogP contribution in [0.5, 0.6) is 11.5 Å². The van der Waals surface area contributed by atoms with E-state index in [-0.39, 0.29) is 22.4 Å². The summed E-state index contributed by atoms with van der Waals surface area (Å²) in [6, 6.07) is 12.4. The fourth-order valence-corrected chi connectivity index (χ4v) is 2.69. The number of aromatic hydroxyl groups is 1. The number of nitrogens with zero attached hydrogens (tertiary/aromatic N) is 3. The van der Waals surface area contributed by atoms with Crippen LogP contribution in [0.3, 0.4) is 0 Å². The molecule has 0 amide bonds. The number of para-hydroxylation sites is 1. The van der Waals surface area contributed by atoms with Gasteiger partial charge in [0, 0.05) is 0 Å². The fraction of sp³-hybridized carbons (Fsp3) is 0.0625. The number of phenols is 1. The predicted molar refractivity (Wildman–Crippen MR) is 99.3 cm³/mol. The van der Waals surface area contributed by atoms with Crippen molar-refractivity contribution in [2.45, 2.75) is 6.61 Å². The Hall–Kier alpha value is -2.35. The van der Waals surface area contributed by atoms with E-state index < -0.39 is 0 Å². The maximum absolute atomic E-state index is 9.59. The average Bonchev–Trinajstić information content (AvgIpc) is 2.96.